The number of hydrogen-bond donors (Lipinski definition) is 2. The molecule has 0 unspecified atom stereocenters. The minimum atomic E-state index is -3.90. The number of carbonyl (C=O) groups excluding carboxylic acids is 2. The Bertz CT molecular complexity index is 1270. The number of aryl methyl sites for hydroxylation is 2. The third-order valence-corrected chi connectivity index (χ3v) is 6.65. The molecular formula is C24H23ClN2O4S. The van der Waals surface area contributed by atoms with Crippen LogP contribution in [-0.4, -0.2) is 20.1 Å². The molecule has 0 saturated carbocycles. The third-order valence-electron chi connectivity index (χ3n) is 4.95. The Hall–Kier alpha value is -3.16. The molecule has 3 aromatic carbocycles. The lowest BCUT2D eigenvalue weighted by molar-refractivity contribution is -0.116. The van der Waals surface area contributed by atoms with E-state index < -0.39 is 10.0 Å². The molecule has 0 fully saturated rings. The summed E-state index contributed by atoms with van der Waals surface area (Å²) in [5.41, 5.74) is 3.26. The average Bonchev–Trinajstić information content (AvgIpc) is 2.75. The van der Waals surface area contributed by atoms with Gasteiger partial charge < -0.3 is 5.32 Å². The zero-order valence-electron chi connectivity index (χ0n) is 17.7. The molecule has 0 aromatic heterocycles. The smallest absolute Gasteiger partial charge is 0.262 e. The normalized spacial score (nSPS) is 11.1. The van der Waals surface area contributed by atoms with E-state index in [-0.39, 0.29) is 40.1 Å². The van der Waals surface area contributed by atoms with Crippen LogP contribution in [0.1, 0.15) is 34.3 Å². The van der Waals surface area contributed by atoms with Crippen molar-refractivity contribution in [1.29, 1.82) is 0 Å². The van der Waals surface area contributed by atoms with E-state index >= 15 is 0 Å². The minimum Gasteiger partial charge on any atom is -0.326 e. The quantitative estimate of drug-likeness (QED) is 0.433. The molecule has 6 nitrogen and oxygen atoms in total. The highest BCUT2D eigenvalue weighted by atomic mass is 35.5. The highest BCUT2D eigenvalue weighted by Gasteiger charge is 2.17. The summed E-state index contributed by atoms with van der Waals surface area (Å²) in [5, 5.41) is 2.92. The number of rotatable bonds is 8. The maximum atomic E-state index is 12.7. The van der Waals surface area contributed by atoms with Crippen molar-refractivity contribution >= 4 is 44.7 Å². The zero-order valence-corrected chi connectivity index (χ0v) is 19.3. The Morgan fingerprint density at radius 1 is 0.875 bits per heavy atom. The standard InChI is InChI=1S/C24H23ClN2O4S/c1-16-10-11-18(14-17(16)2)23(28)12-13-24(29)26-19-6-5-7-20(15-19)32(30,31)27-22-9-4-3-8-21(22)25/h3-11,14-15,27H,12-13H2,1-2H3,(H,26,29). The van der Waals surface area contributed by atoms with Gasteiger partial charge in [-0.25, -0.2) is 8.42 Å². The van der Waals surface area contributed by atoms with Crippen molar-refractivity contribution in [1.82, 2.24) is 0 Å². The van der Waals surface area contributed by atoms with Crippen LogP contribution >= 0.6 is 11.6 Å². The lowest BCUT2D eigenvalue weighted by Gasteiger charge is -2.11. The Labute approximate surface area is 192 Å². The molecule has 0 aliphatic rings. The fourth-order valence-electron chi connectivity index (χ4n) is 3.00. The Morgan fingerprint density at radius 2 is 1.62 bits per heavy atom. The Kier molecular flexibility index (Phi) is 7.33. The van der Waals surface area contributed by atoms with Crippen molar-refractivity contribution in [2.75, 3.05) is 10.0 Å². The molecule has 0 bridgehead atoms. The number of sulfonamides is 1. The van der Waals surface area contributed by atoms with E-state index in [9.17, 15) is 18.0 Å². The van der Waals surface area contributed by atoms with Crippen LogP contribution < -0.4 is 10.0 Å². The lowest BCUT2D eigenvalue weighted by atomic mass is 10.0. The second kappa shape index (κ2) is 9.97. The SMILES string of the molecule is Cc1ccc(C(=O)CCC(=O)Nc2cccc(S(=O)(=O)Nc3ccccc3Cl)c2)cc1C. The Morgan fingerprint density at radius 3 is 2.34 bits per heavy atom. The highest BCUT2D eigenvalue weighted by molar-refractivity contribution is 7.92. The second-order valence-electron chi connectivity index (χ2n) is 7.38. The summed E-state index contributed by atoms with van der Waals surface area (Å²) in [6.45, 7) is 3.90. The van der Waals surface area contributed by atoms with Crippen molar-refractivity contribution in [3.8, 4) is 0 Å². The number of nitrogens with one attached hydrogen (secondary N) is 2. The molecule has 2 N–H and O–H groups in total. The van der Waals surface area contributed by atoms with E-state index in [1.807, 2.05) is 26.0 Å². The molecule has 0 aliphatic heterocycles. The van der Waals surface area contributed by atoms with Gasteiger partial charge in [-0.2, -0.15) is 0 Å². The summed E-state index contributed by atoms with van der Waals surface area (Å²) in [7, 11) is -3.90. The fourth-order valence-corrected chi connectivity index (χ4v) is 4.36. The molecule has 3 aromatic rings. The molecule has 166 valence electrons. The summed E-state index contributed by atoms with van der Waals surface area (Å²) in [5.74, 6) is -0.501. The van der Waals surface area contributed by atoms with Crippen LogP contribution in [0.4, 0.5) is 11.4 Å². The first-order valence-electron chi connectivity index (χ1n) is 9.93. The van der Waals surface area contributed by atoms with Crippen LogP contribution in [-0.2, 0) is 14.8 Å². The molecule has 8 heteroatoms. The van der Waals surface area contributed by atoms with E-state index in [0.29, 0.717) is 11.3 Å². The van der Waals surface area contributed by atoms with Crippen molar-refractivity contribution in [2.45, 2.75) is 31.6 Å². The average molecular weight is 471 g/mol. The largest absolute Gasteiger partial charge is 0.326 e. The number of Topliss-reactive ketones (excluding diaryl/α,β-unsaturated/α-hetero) is 1. The second-order valence-corrected chi connectivity index (χ2v) is 9.47. The number of anilines is 2. The minimum absolute atomic E-state index is 0.0133. The fraction of sp³-hybridized carbons (Fsp3) is 0.167. The number of ketones is 1. The van der Waals surface area contributed by atoms with Gasteiger partial charge in [0.15, 0.2) is 5.78 Å². The number of amides is 1. The molecule has 32 heavy (non-hydrogen) atoms. The van der Waals surface area contributed by atoms with Crippen molar-refractivity contribution in [2.24, 2.45) is 0 Å². The lowest BCUT2D eigenvalue weighted by Crippen LogP contribution is -2.16. The molecule has 0 saturated heterocycles. The molecule has 1 amide bonds. The molecule has 0 heterocycles. The number of hydrogen-bond acceptors (Lipinski definition) is 4. The van der Waals surface area contributed by atoms with Crippen molar-refractivity contribution in [3.05, 3.63) is 88.4 Å². The first-order valence-corrected chi connectivity index (χ1v) is 11.8. The highest BCUT2D eigenvalue weighted by Crippen LogP contribution is 2.25. The van der Waals surface area contributed by atoms with Crippen LogP contribution in [0.2, 0.25) is 5.02 Å². The van der Waals surface area contributed by atoms with Gasteiger partial charge in [-0.1, -0.05) is 41.9 Å². The summed E-state index contributed by atoms with van der Waals surface area (Å²) < 4.78 is 27.8. The van der Waals surface area contributed by atoms with Gasteiger partial charge in [0.25, 0.3) is 10.0 Å². The van der Waals surface area contributed by atoms with Gasteiger partial charge in [-0.15, -0.1) is 0 Å². The van der Waals surface area contributed by atoms with Gasteiger partial charge in [0.2, 0.25) is 5.91 Å². The summed E-state index contributed by atoms with van der Waals surface area (Å²) in [4.78, 5) is 24.7. The number of para-hydroxylation sites is 1. The predicted octanol–water partition coefficient (Wildman–Crippen LogP) is 5.36. The molecule has 0 radical (unpaired) electrons. The van der Waals surface area contributed by atoms with Gasteiger partial charge in [0, 0.05) is 24.1 Å². The molecule has 0 spiro atoms. The monoisotopic (exact) mass is 470 g/mol. The van der Waals surface area contributed by atoms with Gasteiger partial charge in [-0.05, 0) is 61.4 Å². The summed E-state index contributed by atoms with van der Waals surface area (Å²) in [6.07, 6.45) is 0.0427. The number of halogens is 1. The van der Waals surface area contributed by atoms with Crippen LogP contribution in [0.15, 0.2) is 71.6 Å². The van der Waals surface area contributed by atoms with E-state index in [2.05, 4.69) is 10.0 Å². The Balaban J connectivity index is 1.63. The third kappa shape index (κ3) is 5.96. The molecular weight excluding hydrogens is 448 g/mol. The van der Waals surface area contributed by atoms with E-state index in [4.69, 9.17) is 11.6 Å². The number of carbonyl (C=O) groups is 2. The van der Waals surface area contributed by atoms with Gasteiger partial charge >= 0.3 is 0 Å². The first kappa shape index (κ1) is 23.5. The molecule has 0 aliphatic carbocycles. The summed E-state index contributed by atoms with van der Waals surface area (Å²) >= 11 is 6.03. The van der Waals surface area contributed by atoms with Crippen molar-refractivity contribution < 1.29 is 18.0 Å². The number of benzene rings is 3. The van der Waals surface area contributed by atoms with Gasteiger partial charge in [0.05, 0.1) is 15.6 Å². The van der Waals surface area contributed by atoms with Crippen LogP contribution in [0.5, 0.6) is 0 Å². The molecule has 3 rings (SSSR count). The topological polar surface area (TPSA) is 92.3 Å². The molecule has 0 atom stereocenters. The van der Waals surface area contributed by atoms with E-state index in [1.165, 1.54) is 18.2 Å². The van der Waals surface area contributed by atoms with Crippen LogP contribution in [0, 0.1) is 13.8 Å². The maximum Gasteiger partial charge on any atom is 0.262 e. The predicted molar refractivity (Wildman–Crippen MR) is 127 cm³/mol. The summed E-state index contributed by atoms with van der Waals surface area (Å²) in [6, 6.07) is 17.8. The van der Waals surface area contributed by atoms with E-state index in [1.54, 1.807) is 36.4 Å². The zero-order chi connectivity index (χ0) is 23.3. The maximum absolute atomic E-state index is 12.7. The van der Waals surface area contributed by atoms with Crippen molar-refractivity contribution in [3.63, 3.8) is 0 Å². The van der Waals surface area contributed by atoms with Crippen LogP contribution in [0.3, 0.4) is 0 Å². The van der Waals surface area contributed by atoms with Gasteiger partial charge in [0.1, 0.15) is 0 Å². The van der Waals surface area contributed by atoms with E-state index in [0.717, 1.165) is 11.1 Å². The van der Waals surface area contributed by atoms with Crippen LogP contribution in [0.25, 0.3) is 0 Å². The van der Waals surface area contributed by atoms with Gasteiger partial charge in [-0.3, -0.25) is 14.3 Å². The first-order chi connectivity index (χ1) is 15.2.